The fraction of sp³-hybridized carbons (Fsp3) is 1.00. The van der Waals surface area contributed by atoms with Crippen LogP contribution in [0, 0.1) is 17.8 Å². The number of hydrogen-bond acceptors (Lipinski definition) is 1. The lowest BCUT2D eigenvalue weighted by molar-refractivity contribution is -0.189. The van der Waals surface area contributed by atoms with Crippen LogP contribution in [0.15, 0.2) is 0 Å². The molecule has 0 aromatic carbocycles. The van der Waals surface area contributed by atoms with Gasteiger partial charge in [-0.1, -0.05) is 25.7 Å². The molecule has 2 aliphatic rings. The molecule has 1 nitrogen and oxygen atoms in total. The largest absolute Gasteiger partial charge is 0.393 e. The Labute approximate surface area is 100 Å². The lowest BCUT2D eigenvalue weighted by atomic mass is 9.73. The molecule has 0 bridgehead atoms. The van der Waals surface area contributed by atoms with Gasteiger partial charge in [0.2, 0.25) is 0 Å². The van der Waals surface area contributed by atoms with Gasteiger partial charge in [0.1, 0.15) is 0 Å². The van der Waals surface area contributed by atoms with E-state index >= 15 is 0 Å². The van der Waals surface area contributed by atoms with Crippen LogP contribution in [-0.2, 0) is 0 Å². The van der Waals surface area contributed by atoms with Gasteiger partial charge in [0.25, 0.3) is 0 Å². The van der Waals surface area contributed by atoms with Gasteiger partial charge in [0.15, 0.2) is 0 Å². The fourth-order valence-corrected chi connectivity index (χ4v) is 3.14. The van der Waals surface area contributed by atoms with E-state index in [-0.39, 0.29) is 18.8 Å². The number of rotatable bonds is 3. The van der Waals surface area contributed by atoms with Crippen molar-refractivity contribution in [1.29, 1.82) is 0 Å². The standard InChI is InChI=1S/C13H21F3O/c14-13(15,16)11-6-2-5-10(8-11)12(17)7-9-3-1-4-9/h9-12,17H,1-8H2. The van der Waals surface area contributed by atoms with Crippen molar-refractivity contribution in [3.8, 4) is 0 Å². The summed E-state index contributed by atoms with van der Waals surface area (Å²) >= 11 is 0. The minimum atomic E-state index is -4.07. The van der Waals surface area contributed by atoms with Crippen molar-refractivity contribution in [3.63, 3.8) is 0 Å². The highest BCUT2D eigenvalue weighted by Gasteiger charge is 2.43. The summed E-state index contributed by atoms with van der Waals surface area (Å²) in [5.74, 6) is -0.746. The molecule has 1 N–H and O–H groups in total. The molecule has 4 heteroatoms. The molecule has 17 heavy (non-hydrogen) atoms. The molecule has 0 radical (unpaired) electrons. The molecule has 0 aliphatic heterocycles. The van der Waals surface area contributed by atoms with Gasteiger partial charge in [-0.05, 0) is 37.5 Å². The molecule has 2 fully saturated rings. The number of aliphatic hydroxyl groups excluding tert-OH is 1. The molecule has 3 unspecified atom stereocenters. The Balaban J connectivity index is 1.83. The van der Waals surface area contributed by atoms with Gasteiger partial charge in [0, 0.05) is 0 Å². The minimum Gasteiger partial charge on any atom is -0.393 e. The molecule has 0 aromatic heterocycles. The summed E-state index contributed by atoms with van der Waals surface area (Å²) in [5.41, 5.74) is 0. The van der Waals surface area contributed by atoms with Crippen LogP contribution in [0.3, 0.4) is 0 Å². The third kappa shape index (κ3) is 3.36. The Morgan fingerprint density at radius 2 is 1.71 bits per heavy atom. The van der Waals surface area contributed by atoms with Crippen molar-refractivity contribution in [2.45, 2.75) is 63.6 Å². The predicted molar refractivity (Wildman–Crippen MR) is 59.5 cm³/mol. The van der Waals surface area contributed by atoms with Gasteiger partial charge in [-0.2, -0.15) is 13.2 Å². The molecular weight excluding hydrogens is 229 g/mol. The summed E-state index contributed by atoms with van der Waals surface area (Å²) in [6.45, 7) is 0. The van der Waals surface area contributed by atoms with Gasteiger partial charge in [-0.3, -0.25) is 0 Å². The highest BCUT2D eigenvalue weighted by molar-refractivity contribution is 4.84. The van der Waals surface area contributed by atoms with E-state index in [9.17, 15) is 18.3 Å². The highest BCUT2D eigenvalue weighted by Crippen LogP contribution is 2.42. The normalized spacial score (nSPS) is 33.2. The molecule has 2 saturated carbocycles. The van der Waals surface area contributed by atoms with Crippen LogP contribution in [0.1, 0.15) is 51.4 Å². The summed E-state index contributed by atoms with van der Waals surface area (Å²) in [4.78, 5) is 0. The van der Waals surface area contributed by atoms with Crippen molar-refractivity contribution in [1.82, 2.24) is 0 Å². The van der Waals surface area contributed by atoms with Crippen molar-refractivity contribution < 1.29 is 18.3 Å². The maximum atomic E-state index is 12.6. The van der Waals surface area contributed by atoms with Crippen LogP contribution < -0.4 is 0 Å². The maximum absolute atomic E-state index is 12.6. The topological polar surface area (TPSA) is 20.2 Å². The van der Waals surface area contributed by atoms with Crippen molar-refractivity contribution in [2.75, 3.05) is 0 Å². The molecule has 0 heterocycles. The molecule has 2 aliphatic carbocycles. The van der Waals surface area contributed by atoms with E-state index in [1.807, 2.05) is 0 Å². The van der Waals surface area contributed by atoms with Gasteiger partial charge in [0.05, 0.1) is 12.0 Å². The Morgan fingerprint density at radius 1 is 1.06 bits per heavy atom. The zero-order valence-corrected chi connectivity index (χ0v) is 10.0. The fourth-order valence-electron chi connectivity index (χ4n) is 3.14. The molecule has 0 spiro atoms. The van der Waals surface area contributed by atoms with Crippen LogP contribution in [-0.4, -0.2) is 17.4 Å². The summed E-state index contributed by atoms with van der Waals surface area (Å²) < 4.78 is 37.9. The second kappa shape index (κ2) is 5.17. The van der Waals surface area contributed by atoms with Crippen molar-refractivity contribution >= 4 is 0 Å². The summed E-state index contributed by atoms with van der Waals surface area (Å²) in [6.07, 6.45) is 1.39. The quantitative estimate of drug-likeness (QED) is 0.805. The Kier molecular flexibility index (Phi) is 4.01. The minimum absolute atomic E-state index is 0.129. The van der Waals surface area contributed by atoms with Gasteiger partial charge in [-0.25, -0.2) is 0 Å². The SMILES string of the molecule is OC(CC1CCC1)C1CCCC(C(F)(F)F)C1. The van der Waals surface area contributed by atoms with E-state index in [4.69, 9.17) is 0 Å². The summed E-state index contributed by atoms with van der Waals surface area (Å²) in [5, 5.41) is 10.0. The van der Waals surface area contributed by atoms with E-state index in [2.05, 4.69) is 0 Å². The smallest absolute Gasteiger partial charge is 0.391 e. The van der Waals surface area contributed by atoms with Gasteiger partial charge >= 0.3 is 6.18 Å². The first-order valence-corrected chi connectivity index (χ1v) is 6.71. The summed E-state index contributed by atoms with van der Waals surface area (Å²) in [6, 6.07) is 0. The van der Waals surface area contributed by atoms with E-state index in [1.165, 1.54) is 6.42 Å². The summed E-state index contributed by atoms with van der Waals surface area (Å²) in [7, 11) is 0. The van der Waals surface area contributed by atoms with Crippen molar-refractivity contribution in [2.24, 2.45) is 17.8 Å². The average molecular weight is 250 g/mol. The van der Waals surface area contributed by atoms with Crippen LogP contribution in [0.4, 0.5) is 13.2 Å². The predicted octanol–water partition coefficient (Wildman–Crippen LogP) is 3.91. The number of halogens is 3. The van der Waals surface area contributed by atoms with Gasteiger partial charge in [-0.15, -0.1) is 0 Å². The lowest BCUT2D eigenvalue weighted by Gasteiger charge is -2.36. The maximum Gasteiger partial charge on any atom is 0.391 e. The first kappa shape index (κ1) is 13.2. The van der Waals surface area contributed by atoms with Crippen LogP contribution >= 0.6 is 0 Å². The number of hydrogen-bond donors (Lipinski definition) is 1. The van der Waals surface area contributed by atoms with Crippen LogP contribution in [0.25, 0.3) is 0 Å². The van der Waals surface area contributed by atoms with E-state index in [0.29, 0.717) is 12.3 Å². The molecule has 0 aromatic rings. The third-order valence-corrected chi connectivity index (χ3v) is 4.52. The van der Waals surface area contributed by atoms with Gasteiger partial charge < -0.3 is 5.11 Å². The van der Waals surface area contributed by atoms with E-state index in [1.54, 1.807) is 0 Å². The Bertz CT molecular complexity index is 248. The van der Waals surface area contributed by atoms with E-state index < -0.39 is 18.2 Å². The lowest BCUT2D eigenvalue weighted by Crippen LogP contribution is -2.35. The molecule has 2 rings (SSSR count). The third-order valence-electron chi connectivity index (χ3n) is 4.52. The molecule has 100 valence electrons. The molecular formula is C13H21F3O. The monoisotopic (exact) mass is 250 g/mol. The zero-order chi connectivity index (χ0) is 12.5. The highest BCUT2D eigenvalue weighted by atomic mass is 19.4. The zero-order valence-electron chi connectivity index (χ0n) is 10.0. The van der Waals surface area contributed by atoms with Crippen LogP contribution in [0.2, 0.25) is 0 Å². The number of aliphatic hydroxyl groups is 1. The molecule has 0 saturated heterocycles. The second-order valence-electron chi connectivity index (χ2n) is 5.77. The second-order valence-corrected chi connectivity index (χ2v) is 5.77. The van der Waals surface area contributed by atoms with Crippen LogP contribution in [0.5, 0.6) is 0 Å². The molecule has 0 amide bonds. The Morgan fingerprint density at radius 3 is 2.24 bits per heavy atom. The first-order chi connectivity index (χ1) is 7.97. The van der Waals surface area contributed by atoms with E-state index in [0.717, 1.165) is 25.7 Å². The average Bonchev–Trinajstić information content (AvgIpc) is 2.22. The first-order valence-electron chi connectivity index (χ1n) is 6.71. The number of alkyl halides is 3. The molecule has 3 atom stereocenters. The van der Waals surface area contributed by atoms with Crippen molar-refractivity contribution in [3.05, 3.63) is 0 Å². The Hall–Kier alpha value is -0.250.